The SMILES string of the molecule is NC1=NC(O)NC=C1CO. The van der Waals surface area contributed by atoms with Crippen molar-refractivity contribution in [2.45, 2.75) is 6.35 Å². The third-order valence-electron chi connectivity index (χ3n) is 1.17. The summed E-state index contributed by atoms with van der Waals surface area (Å²) >= 11 is 0. The highest BCUT2D eigenvalue weighted by molar-refractivity contribution is 5.97. The Morgan fingerprint density at radius 2 is 2.50 bits per heavy atom. The van der Waals surface area contributed by atoms with Crippen molar-refractivity contribution in [3.05, 3.63) is 11.8 Å². The molecule has 0 fully saturated rings. The quantitative estimate of drug-likeness (QED) is 0.345. The van der Waals surface area contributed by atoms with Crippen LogP contribution in [-0.4, -0.2) is 29.0 Å². The van der Waals surface area contributed by atoms with Crippen LogP contribution in [0.25, 0.3) is 0 Å². The molecule has 1 heterocycles. The largest absolute Gasteiger partial charge is 0.391 e. The van der Waals surface area contributed by atoms with Crippen LogP contribution in [0, 0.1) is 0 Å². The highest BCUT2D eigenvalue weighted by atomic mass is 16.3. The van der Waals surface area contributed by atoms with Gasteiger partial charge in [0.1, 0.15) is 5.84 Å². The van der Waals surface area contributed by atoms with E-state index in [0.29, 0.717) is 5.57 Å². The fourth-order valence-electron chi connectivity index (χ4n) is 0.628. The molecule has 1 aliphatic heterocycles. The molecule has 0 aliphatic carbocycles. The molecule has 1 rings (SSSR count). The summed E-state index contributed by atoms with van der Waals surface area (Å²) in [6, 6.07) is 0. The number of amidine groups is 1. The van der Waals surface area contributed by atoms with Crippen molar-refractivity contribution >= 4 is 5.84 Å². The predicted molar refractivity (Wildman–Crippen MR) is 35.9 cm³/mol. The molecular formula is C5H9N3O2. The van der Waals surface area contributed by atoms with Gasteiger partial charge in [-0.1, -0.05) is 0 Å². The minimum Gasteiger partial charge on any atom is -0.391 e. The van der Waals surface area contributed by atoms with Gasteiger partial charge in [0.2, 0.25) is 6.35 Å². The fraction of sp³-hybridized carbons (Fsp3) is 0.400. The lowest BCUT2D eigenvalue weighted by Crippen LogP contribution is -2.33. The zero-order valence-electron chi connectivity index (χ0n) is 5.28. The summed E-state index contributed by atoms with van der Waals surface area (Å²) in [5, 5.41) is 19.9. The molecule has 0 amide bonds. The number of nitrogens with two attached hydrogens (primary N) is 1. The number of aliphatic imine (C=N–C) groups is 1. The summed E-state index contributed by atoms with van der Waals surface area (Å²) in [5.74, 6) is 0.175. The van der Waals surface area contributed by atoms with Crippen LogP contribution in [0.5, 0.6) is 0 Å². The van der Waals surface area contributed by atoms with E-state index in [9.17, 15) is 0 Å². The van der Waals surface area contributed by atoms with E-state index in [1.807, 2.05) is 0 Å². The van der Waals surface area contributed by atoms with Gasteiger partial charge in [-0.2, -0.15) is 0 Å². The molecule has 5 nitrogen and oxygen atoms in total. The van der Waals surface area contributed by atoms with E-state index in [1.165, 1.54) is 6.20 Å². The van der Waals surface area contributed by atoms with Gasteiger partial charge in [-0.15, -0.1) is 0 Å². The molecule has 5 heteroatoms. The molecule has 10 heavy (non-hydrogen) atoms. The number of aliphatic hydroxyl groups is 2. The average molecular weight is 143 g/mol. The predicted octanol–water partition coefficient (Wildman–Crippen LogP) is -1.90. The Morgan fingerprint density at radius 3 is 3.00 bits per heavy atom. The molecule has 0 aromatic carbocycles. The maximum absolute atomic E-state index is 8.79. The number of rotatable bonds is 1. The highest BCUT2D eigenvalue weighted by Gasteiger charge is 2.09. The van der Waals surface area contributed by atoms with Crippen LogP contribution in [-0.2, 0) is 0 Å². The van der Waals surface area contributed by atoms with Gasteiger partial charge >= 0.3 is 0 Å². The summed E-state index contributed by atoms with van der Waals surface area (Å²) in [5.41, 5.74) is 5.79. The lowest BCUT2D eigenvalue weighted by Gasteiger charge is -2.14. The summed E-state index contributed by atoms with van der Waals surface area (Å²) < 4.78 is 0. The van der Waals surface area contributed by atoms with Gasteiger partial charge in [0.25, 0.3) is 0 Å². The van der Waals surface area contributed by atoms with Crippen molar-refractivity contribution in [1.29, 1.82) is 0 Å². The van der Waals surface area contributed by atoms with E-state index < -0.39 is 6.35 Å². The second-order valence-corrected chi connectivity index (χ2v) is 1.88. The number of aliphatic hydroxyl groups excluding tert-OH is 2. The molecule has 0 aromatic heterocycles. The molecular weight excluding hydrogens is 134 g/mol. The van der Waals surface area contributed by atoms with Crippen molar-refractivity contribution in [3.63, 3.8) is 0 Å². The van der Waals surface area contributed by atoms with Gasteiger partial charge in [0.15, 0.2) is 0 Å². The van der Waals surface area contributed by atoms with E-state index in [1.54, 1.807) is 0 Å². The van der Waals surface area contributed by atoms with Crippen LogP contribution < -0.4 is 11.1 Å². The molecule has 0 spiro atoms. The second kappa shape index (κ2) is 2.68. The van der Waals surface area contributed by atoms with Crippen LogP contribution in [0.4, 0.5) is 0 Å². The molecule has 0 bridgehead atoms. The van der Waals surface area contributed by atoms with Crippen LogP contribution in [0.2, 0.25) is 0 Å². The van der Waals surface area contributed by atoms with Crippen molar-refractivity contribution < 1.29 is 10.2 Å². The van der Waals surface area contributed by atoms with Crippen LogP contribution >= 0.6 is 0 Å². The molecule has 1 unspecified atom stereocenters. The highest BCUT2D eigenvalue weighted by Crippen LogP contribution is 1.98. The lowest BCUT2D eigenvalue weighted by atomic mass is 10.2. The van der Waals surface area contributed by atoms with Crippen molar-refractivity contribution in [3.8, 4) is 0 Å². The van der Waals surface area contributed by atoms with Crippen molar-refractivity contribution in [1.82, 2.24) is 5.32 Å². The normalized spacial score (nSPS) is 24.8. The zero-order valence-corrected chi connectivity index (χ0v) is 5.28. The molecule has 5 N–H and O–H groups in total. The maximum Gasteiger partial charge on any atom is 0.224 e. The molecule has 0 radical (unpaired) electrons. The van der Waals surface area contributed by atoms with E-state index >= 15 is 0 Å². The minimum absolute atomic E-state index is 0.172. The van der Waals surface area contributed by atoms with E-state index in [-0.39, 0.29) is 12.4 Å². The van der Waals surface area contributed by atoms with Gasteiger partial charge < -0.3 is 21.3 Å². The molecule has 1 aliphatic rings. The third kappa shape index (κ3) is 1.26. The van der Waals surface area contributed by atoms with Crippen LogP contribution in [0.1, 0.15) is 0 Å². The zero-order chi connectivity index (χ0) is 7.56. The Kier molecular flexibility index (Phi) is 1.88. The number of hydrogen-bond donors (Lipinski definition) is 4. The number of nitrogens with zero attached hydrogens (tertiary/aromatic N) is 1. The Bertz CT molecular complexity index is 187. The second-order valence-electron chi connectivity index (χ2n) is 1.88. The topological polar surface area (TPSA) is 90.9 Å². The standard InChI is InChI=1S/C5H9N3O2/c6-4-3(2-9)1-7-5(10)8-4/h1,5,7,9-10H,2H2,(H2,6,8). The summed E-state index contributed by atoms with van der Waals surface area (Å²) in [4.78, 5) is 3.55. The number of hydrogen-bond acceptors (Lipinski definition) is 5. The third-order valence-corrected chi connectivity index (χ3v) is 1.17. The smallest absolute Gasteiger partial charge is 0.224 e. The average Bonchev–Trinajstić information content (AvgIpc) is 1.88. The van der Waals surface area contributed by atoms with E-state index in [4.69, 9.17) is 15.9 Å². The number of nitrogens with one attached hydrogen (secondary N) is 1. The van der Waals surface area contributed by atoms with Gasteiger partial charge in [0.05, 0.1) is 6.61 Å². The van der Waals surface area contributed by atoms with Gasteiger partial charge in [0, 0.05) is 11.8 Å². The lowest BCUT2D eigenvalue weighted by molar-refractivity contribution is 0.160. The molecule has 0 aromatic rings. The first kappa shape index (κ1) is 7.04. The first-order valence-corrected chi connectivity index (χ1v) is 2.81. The van der Waals surface area contributed by atoms with Crippen LogP contribution in [0.3, 0.4) is 0 Å². The molecule has 0 saturated carbocycles. The summed E-state index contributed by atoms with van der Waals surface area (Å²) in [6.45, 7) is -0.172. The van der Waals surface area contributed by atoms with Crippen molar-refractivity contribution in [2.24, 2.45) is 10.7 Å². The maximum atomic E-state index is 8.79. The summed E-state index contributed by atoms with van der Waals surface area (Å²) in [6.07, 6.45) is 0.461. The minimum atomic E-state index is -0.977. The van der Waals surface area contributed by atoms with Gasteiger partial charge in [-0.05, 0) is 0 Å². The Morgan fingerprint density at radius 1 is 1.80 bits per heavy atom. The summed E-state index contributed by atoms with van der Waals surface area (Å²) in [7, 11) is 0. The Labute approximate surface area is 57.9 Å². The Balaban J connectivity index is 2.71. The van der Waals surface area contributed by atoms with E-state index in [0.717, 1.165) is 0 Å². The van der Waals surface area contributed by atoms with Crippen molar-refractivity contribution in [2.75, 3.05) is 6.61 Å². The molecule has 56 valence electrons. The molecule has 0 saturated heterocycles. The van der Waals surface area contributed by atoms with Crippen LogP contribution in [0.15, 0.2) is 16.8 Å². The monoisotopic (exact) mass is 143 g/mol. The van der Waals surface area contributed by atoms with Gasteiger partial charge in [-0.3, -0.25) is 0 Å². The first-order chi connectivity index (χ1) is 4.74. The first-order valence-electron chi connectivity index (χ1n) is 2.81. The van der Waals surface area contributed by atoms with E-state index in [2.05, 4.69) is 10.3 Å². The molecule has 1 atom stereocenters. The van der Waals surface area contributed by atoms with Gasteiger partial charge in [-0.25, -0.2) is 4.99 Å². The Hall–Kier alpha value is -1.07. The fourth-order valence-corrected chi connectivity index (χ4v) is 0.628.